The van der Waals surface area contributed by atoms with E-state index in [1.807, 2.05) is 12.1 Å². The Morgan fingerprint density at radius 1 is 1.08 bits per heavy atom. The third-order valence-corrected chi connectivity index (χ3v) is 6.97. The van der Waals surface area contributed by atoms with Crippen LogP contribution in [-0.4, -0.2) is 11.0 Å². The molecule has 1 aliphatic rings. The van der Waals surface area contributed by atoms with Gasteiger partial charge in [0, 0.05) is 11.5 Å². The molecule has 0 spiro atoms. The molecule has 0 bridgehead atoms. The lowest BCUT2D eigenvalue weighted by Crippen LogP contribution is -2.17. The fourth-order valence-corrected chi connectivity index (χ4v) is 4.97. The van der Waals surface area contributed by atoms with Gasteiger partial charge in [-0.2, -0.15) is 11.8 Å². The molecule has 3 heteroatoms. The van der Waals surface area contributed by atoms with Gasteiger partial charge >= 0.3 is 5.63 Å². The summed E-state index contributed by atoms with van der Waals surface area (Å²) in [4.78, 5) is 11.4. The minimum Gasteiger partial charge on any atom is -0.423 e. The van der Waals surface area contributed by atoms with E-state index in [-0.39, 0.29) is 5.63 Å². The van der Waals surface area contributed by atoms with E-state index in [0.29, 0.717) is 5.58 Å². The highest BCUT2D eigenvalue weighted by Crippen LogP contribution is 2.34. The number of rotatable bonds is 6. The molecule has 0 unspecified atom stereocenters. The molecule has 1 aromatic carbocycles. The molecule has 1 saturated carbocycles. The third kappa shape index (κ3) is 4.91. The van der Waals surface area contributed by atoms with Crippen LogP contribution in [-0.2, 0) is 6.42 Å². The molecule has 0 atom stereocenters. The number of hydrogen-bond donors (Lipinski definition) is 0. The maximum atomic E-state index is 11.4. The maximum Gasteiger partial charge on any atom is 0.336 e. The van der Waals surface area contributed by atoms with E-state index in [0.717, 1.165) is 28.9 Å². The van der Waals surface area contributed by atoms with Crippen LogP contribution in [0.1, 0.15) is 57.1 Å². The summed E-state index contributed by atoms with van der Waals surface area (Å²) in [5, 5.41) is 1.84. The van der Waals surface area contributed by atoms with Gasteiger partial charge in [-0.25, -0.2) is 4.79 Å². The van der Waals surface area contributed by atoms with Crippen molar-refractivity contribution in [1.29, 1.82) is 0 Å². The Labute approximate surface area is 155 Å². The fraction of sp³-hybridized carbons (Fsp3) is 0.591. The zero-order valence-corrected chi connectivity index (χ0v) is 16.5. The van der Waals surface area contributed by atoms with Crippen molar-refractivity contribution in [3.63, 3.8) is 0 Å². The quantitative estimate of drug-likeness (QED) is 0.595. The number of hydrogen-bond acceptors (Lipinski definition) is 3. The van der Waals surface area contributed by atoms with E-state index in [1.54, 1.807) is 0 Å². The van der Waals surface area contributed by atoms with Crippen molar-refractivity contribution >= 4 is 22.7 Å². The van der Waals surface area contributed by atoms with Gasteiger partial charge in [-0.05, 0) is 78.7 Å². The number of aryl methyl sites for hydroxylation is 2. The van der Waals surface area contributed by atoms with Gasteiger partial charge in [-0.15, -0.1) is 0 Å². The highest BCUT2D eigenvalue weighted by Gasteiger charge is 2.21. The highest BCUT2D eigenvalue weighted by atomic mass is 32.2. The molecule has 1 fully saturated rings. The SMILES string of the molecule is Cc1c(CCC2CCC(CSC(C)C)CC2)ccc2oc(=O)ccc12. The van der Waals surface area contributed by atoms with Crippen molar-refractivity contribution in [1.82, 2.24) is 0 Å². The monoisotopic (exact) mass is 358 g/mol. The molecule has 25 heavy (non-hydrogen) atoms. The lowest BCUT2D eigenvalue weighted by atomic mass is 9.80. The van der Waals surface area contributed by atoms with Gasteiger partial charge < -0.3 is 4.42 Å². The van der Waals surface area contributed by atoms with Gasteiger partial charge in [0.25, 0.3) is 0 Å². The Balaban J connectivity index is 1.54. The minimum atomic E-state index is -0.271. The first-order valence-corrected chi connectivity index (χ1v) is 10.7. The van der Waals surface area contributed by atoms with E-state index in [9.17, 15) is 4.79 Å². The van der Waals surface area contributed by atoms with Gasteiger partial charge in [0.1, 0.15) is 5.58 Å². The summed E-state index contributed by atoms with van der Waals surface area (Å²) >= 11 is 2.12. The zero-order chi connectivity index (χ0) is 17.8. The predicted octanol–water partition coefficient (Wildman–Crippen LogP) is 5.98. The molecule has 1 aliphatic carbocycles. The zero-order valence-electron chi connectivity index (χ0n) is 15.7. The summed E-state index contributed by atoms with van der Waals surface area (Å²) in [6.45, 7) is 6.75. The Bertz CT molecular complexity index is 754. The Morgan fingerprint density at radius 2 is 1.80 bits per heavy atom. The molecule has 2 aromatic rings. The molecule has 136 valence electrons. The van der Waals surface area contributed by atoms with Crippen LogP contribution in [0.4, 0.5) is 0 Å². The molecule has 0 N–H and O–H groups in total. The van der Waals surface area contributed by atoms with Gasteiger partial charge in [0.05, 0.1) is 0 Å². The molecule has 0 amide bonds. The lowest BCUT2D eigenvalue weighted by molar-refractivity contribution is 0.281. The average Bonchev–Trinajstić information content (AvgIpc) is 2.60. The summed E-state index contributed by atoms with van der Waals surface area (Å²) in [5.74, 6) is 3.16. The van der Waals surface area contributed by atoms with Crippen LogP contribution in [0.3, 0.4) is 0 Å². The van der Waals surface area contributed by atoms with Crippen molar-refractivity contribution in [3.8, 4) is 0 Å². The van der Waals surface area contributed by atoms with E-state index >= 15 is 0 Å². The molecule has 1 heterocycles. The minimum absolute atomic E-state index is 0.271. The van der Waals surface area contributed by atoms with Crippen molar-refractivity contribution in [3.05, 3.63) is 45.8 Å². The van der Waals surface area contributed by atoms with E-state index in [4.69, 9.17) is 4.42 Å². The number of thioether (sulfide) groups is 1. The molecular formula is C22H30O2S. The molecule has 3 rings (SSSR count). The molecule has 0 aliphatic heterocycles. The van der Waals surface area contributed by atoms with E-state index in [2.05, 4.69) is 38.6 Å². The molecule has 0 radical (unpaired) electrons. The van der Waals surface area contributed by atoms with Crippen LogP contribution in [0.5, 0.6) is 0 Å². The van der Waals surface area contributed by atoms with Crippen LogP contribution in [0.25, 0.3) is 11.0 Å². The number of fused-ring (bicyclic) bond motifs is 1. The Morgan fingerprint density at radius 3 is 2.52 bits per heavy atom. The first-order valence-electron chi connectivity index (χ1n) is 9.67. The molecule has 1 aromatic heterocycles. The van der Waals surface area contributed by atoms with Gasteiger partial charge in [-0.3, -0.25) is 0 Å². The van der Waals surface area contributed by atoms with Crippen molar-refractivity contribution in [2.45, 2.75) is 64.5 Å². The smallest absolute Gasteiger partial charge is 0.336 e. The van der Waals surface area contributed by atoms with Crippen LogP contribution in [0.2, 0.25) is 0 Å². The summed E-state index contributed by atoms with van der Waals surface area (Å²) < 4.78 is 5.29. The maximum absolute atomic E-state index is 11.4. The second kappa shape index (κ2) is 8.44. The summed E-state index contributed by atoms with van der Waals surface area (Å²) in [7, 11) is 0. The Kier molecular flexibility index (Phi) is 6.27. The summed E-state index contributed by atoms with van der Waals surface area (Å²) in [6, 6.07) is 7.53. The second-order valence-electron chi connectivity index (χ2n) is 7.82. The van der Waals surface area contributed by atoms with Gasteiger partial charge in [0.2, 0.25) is 0 Å². The standard InChI is InChI=1S/C22H30O2S/c1-15(2)25-14-18-6-4-17(5-7-18)8-9-19-10-12-21-20(16(19)3)11-13-22(23)24-21/h10-13,15,17-18H,4-9,14H2,1-3H3. The van der Waals surface area contributed by atoms with Gasteiger partial charge in [0.15, 0.2) is 0 Å². The first-order chi connectivity index (χ1) is 12.0. The topological polar surface area (TPSA) is 30.2 Å². The lowest BCUT2D eigenvalue weighted by Gasteiger charge is -2.29. The van der Waals surface area contributed by atoms with Gasteiger partial charge in [-0.1, -0.05) is 32.8 Å². The van der Waals surface area contributed by atoms with Crippen molar-refractivity contribution in [2.24, 2.45) is 11.8 Å². The van der Waals surface area contributed by atoms with E-state index in [1.165, 1.54) is 55.1 Å². The van der Waals surface area contributed by atoms with E-state index < -0.39 is 0 Å². The number of benzene rings is 1. The largest absolute Gasteiger partial charge is 0.423 e. The molecule has 0 saturated heterocycles. The van der Waals surface area contributed by atoms with Crippen molar-refractivity contribution in [2.75, 3.05) is 5.75 Å². The average molecular weight is 359 g/mol. The summed E-state index contributed by atoms with van der Waals surface area (Å²) in [5.41, 5.74) is 3.10. The third-order valence-electron chi connectivity index (χ3n) is 5.64. The van der Waals surface area contributed by atoms with Crippen molar-refractivity contribution < 1.29 is 4.42 Å². The second-order valence-corrected chi connectivity index (χ2v) is 9.43. The summed E-state index contributed by atoms with van der Waals surface area (Å²) in [6.07, 6.45) is 8.03. The fourth-order valence-electron chi connectivity index (χ4n) is 3.98. The van der Waals surface area contributed by atoms with Crippen LogP contribution < -0.4 is 5.63 Å². The predicted molar refractivity (Wildman–Crippen MR) is 109 cm³/mol. The van der Waals surface area contributed by atoms with Crippen LogP contribution >= 0.6 is 11.8 Å². The highest BCUT2D eigenvalue weighted by molar-refractivity contribution is 7.99. The van der Waals surface area contributed by atoms with Crippen LogP contribution in [0.15, 0.2) is 33.5 Å². The molecular weight excluding hydrogens is 328 g/mol. The normalized spacial score (nSPS) is 21.1. The molecule has 2 nitrogen and oxygen atoms in total. The Hall–Kier alpha value is -1.22. The van der Waals surface area contributed by atoms with Crippen LogP contribution in [0, 0.1) is 18.8 Å². The first kappa shape index (κ1) is 18.6.